The van der Waals surface area contributed by atoms with E-state index in [1.165, 1.54) is 37.8 Å². The fourth-order valence-corrected chi connectivity index (χ4v) is 3.15. The van der Waals surface area contributed by atoms with E-state index in [1.807, 2.05) is 0 Å². The van der Waals surface area contributed by atoms with Crippen LogP contribution in [-0.4, -0.2) is 37.1 Å². The van der Waals surface area contributed by atoms with Crippen LogP contribution >= 0.6 is 0 Å². The molecule has 0 saturated heterocycles. The van der Waals surface area contributed by atoms with Crippen LogP contribution < -0.4 is 5.32 Å². The molecule has 2 atom stereocenters. The van der Waals surface area contributed by atoms with Crippen molar-refractivity contribution < 1.29 is 0 Å². The summed E-state index contributed by atoms with van der Waals surface area (Å²) in [4.78, 5) is 2.56. The zero-order chi connectivity index (χ0) is 13.5. The van der Waals surface area contributed by atoms with Crippen molar-refractivity contribution >= 4 is 0 Å². The normalized spacial score (nSPS) is 23.1. The summed E-state index contributed by atoms with van der Waals surface area (Å²) in [6.07, 6.45) is 6.47. The van der Waals surface area contributed by atoms with Crippen LogP contribution in [0.5, 0.6) is 0 Å². The average Bonchev–Trinajstić information content (AvgIpc) is 2.92. The Morgan fingerprint density at radius 2 is 2.00 bits per heavy atom. The third-order valence-electron chi connectivity index (χ3n) is 4.30. The van der Waals surface area contributed by atoms with Crippen molar-refractivity contribution in [3.8, 4) is 0 Å². The second kappa shape index (κ2) is 7.66. The lowest BCUT2D eigenvalue weighted by atomic mass is 10.1. The summed E-state index contributed by atoms with van der Waals surface area (Å²) in [5.74, 6) is 0. The van der Waals surface area contributed by atoms with Crippen molar-refractivity contribution in [2.45, 2.75) is 51.1 Å². The number of hydrogen-bond donors (Lipinski definition) is 1. The van der Waals surface area contributed by atoms with Gasteiger partial charge in [-0.2, -0.15) is 0 Å². The smallest absolute Gasteiger partial charge is 0.0246 e. The lowest BCUT2D eigenvalue weighted by Gasteiger charge is -2.30. The lowest BCUT2D eigenvalue weighted by Crippen LogP contribution is -2.46. The van der Waals surface area contributed by atoms with Crippen molar-refractivity contribution in [2.75, 3.05) is 20.1 Å². The van der Waals surface area contributed by atoms with Crippen LogP contribution in [0.4, 0.5) is 0 Å². The molecule has 19 heavy (non-hydrogen) atoms. The van der Waals surface area contributed by atoms with E-state index in [2.05, 4.69) is 54.5 Å². The number of likely N-dealkylation sites (N-methyl/N-ethyl adjacent to an activating group) is 1. The van der Waals surface area contributed by atoms with E-state index in [1.54, 1.807) is 0 Å². The monoisotopic (exact) mass is 260 g/mol. The quantitative estimate of drug-likeness (QED) is 0.810. The maximum absolute atomic E-state index is 3.72. The molecule has 2 rings (SSSR count). The molecule has 0 aliphatic heterocycles. The summed E-state index contributed by atoms with van der Waals surface area (Å²) in [5, 5.41) is 3.72. The van der Waals surface area contributed by atoms with E-state index < -0.39 is 0 Å². The van der Waals surface area contributed by atoms with Gasteiger partial charge in [0.1, 0.15) is 0 Å². The molecule has 1 fully saturated rings. The van der Waals surface area contributed by atoms with E-state index in [-0.39, 0.29) is 0 Å². The minimum atomic E-state index is 0.709. The number of hydrogen-bond acceptors (Lipinski definition) is 2. The van der Waals surface area contributed by atoms with E-state index in [0.29, 0.717) is 6.04 Å². The van der Waals surface area contributed by atoms with Crippen LogP contribution in [0, 0.1) is 0 Å². The standard InChI is InChI=1S/C17H28N2/c1-3-13-18-16-10-7-11-17(16)19(2)14-12-15-8-5-4-6-9-15/h4-6,8-9,16-18H,3,7,10-14H2,1-2H3. The Kier molecular flexibility index (Phi) is 5.87. The number of nitrogens with one attached hydrogen (secondary N) is 1. The van der Waals surface area contributed by atoms with Gasteiger partial charge in [0.15, 0.2) is 0 Å². The summed E-state index contributed by atoms with van der Waals surface area (Å²) in [6, 6.07) is 12.3. The third kappa shape index (κ3) is 4.32. The van der Waals surface area contributed by atoms with Gasteiger partial charge in [-0.1, -0.05) is 43.7 Å². The Balaban J connectivity index is 1.80. The molecule has 0 radical (unpaired) electrons. The summed E-state index contributed by atoms with van der Waals surface area (Å²) >= 11 is 0. The molecular weight excluding hydrogens is 232 g/mol. The first-order valence-electron chi connectivity index (χ1n) is 7.79. The minimum absolute atomic E-state index is 0.709. The molecule has 0 heterocycles. The SMILES string of the molecule is CCCNC1CCCC1N(C)CCc1ccccc1. The van der Waals surface area contributed by atoms with Crippen LogP contribution in [-0.2, 0) is 6.42 Å². The molecular formula is C17H28N2. The fourth-order valence-electron chi connectivity index (χ4n) is 3.15. The molecule has 0 spiro atoms. The molecule has 106 valence electrons. The summed E-state index contributed by atoms with van der Waals surface area (Å²) < 4.78 is 0. The van der Waals surface area contributed by atoms with Gasteiger partial charge in [0.2, 0.25) is 0 Å². The van der Waals surface area contributed by atoms with Crippen LogP contribution in [0.25, 0.3) is 0 Å². The van der Waals surface area contributed by atoms with Crippen molar-refractivity contribution in [3.63, 3.8) is 0 Å². The molecule has 1 aromatic rings. The highest BCUT2D eigenvalue weighted by Gasteiger charge is 2.29. The van der Waals surface area contributed by atoms with Gasteiger partial charge in [0.05, 0.1) is 0 Å². The van der Waals surface area contributed by atoms with E-state index in [9.17, 15) is 0 Å². The van der Waals surface area contributed by atoms with Gasteiger partial charge in [-0.25, -0.2) is 0 Å². The molecule has 2 heteroatoms. The second-order valence-electron chi connectivity index (χ2n) is 5.78. The largest absolute Gasteiger partial charge is 0.312 e. The Morgan fingerprint density at radius 1 is 1.21 bits per heavy atom. The Hall–Kier alpha value is -0.860. The molecule has 1 saturated carbocycles. The Morgan fingerprint density at radius 3 is 2.74 bits per heavy atom. The maximum atomic E-state index is 3.72. The first-order chi connectivity index (χ1) is 9.31. The van der Waals surface area contributed by atoms with Crippen molar-refractivity contribution in [1.29, 1.82) is 0 Å². The molecule has 1 N–H and O–H groups in total. The average molecular weight is 260 g/mol. The molecule has 0 aromatic heterocycles. The van der Waals surface area contributed by atoms with Crippen LogP contribution in [0.2, 0.25) is 0 Å². The first kappa shape index (κ1) is 14.5. The topological polar surface area (TPSA) is 15.3 Å². The highest BCUT2D eigenvalue weighted by Crippen LogP contribution is 2.23. The van der Waals surface area contributed by atoms with Gasteiger partial charge >= 0.3 is 0 Å². The second-order valence-corrected chi connectivity index (χ2v) is 5.78. The van der Waals surface area contributed by atoms with Gasteiger partial charge in [0.25, 0.3) is 0 Å². The number of nitrogens with zero attached hydrogens (tertiary/aromatic N) is 1. The Labute approximate surface area is 118 Å². The van der Waals surface area contributed by atoms with Gasteiger partial charge in [-0.05, 0) is 44.8 Å². The van der Waals surface area contributed by atoms with Gasteiger partial charge in [0, 0.05) is 18.6 Å². The highest BCUT2D eigenvalue weighted by molar-refractivity contribution is 5.14. The van der Waals surface area contributed by atoms with Crippen molar-refractivity contribution in [3.05, 3.63) is 35.9 Å². The predicted molar refractivity (Wildman–Crippen MR) is 82.5 cm³/mol. The molecule has 2 nitrogen and oxygen atoms in total. The number of rotatable bonds is 7. The van der Waals surface area contributed by atoms with E-state index >= 15 is 0 Å². The minimum Gasteiger partial charge on any atom is -0.312 e. The molecule has 0 bridgehead atoms. The zero-order valence-corrected chi connectivity index (χ0v) is 12.4. The van der Waals surface area contributed by atoms with Crippen LogP contribution in [0.3, 0.4) is 0 Å². The summed E-state index contributed by atoms with van der Waals surface area (Å²) in [5.41, 5.74) is 1.45. The molecule has 1 aliphatic rings. The van der Waals surface area contributed by atoms with E-state index in [4.69, 9.17) is 0 Å². The summed E-state index contributed by atoms with van der Waals surface area (Å²) in [7, 11) is 2.29. The van der Waals surface area contributed by atoms with Crippen LogP contribution in [0.15, 0.2) is 30.3 Å². The molecule has 1 aromatic carbocycles. The molecule has 2 unspecified atom stereocenters. The molecule has 1 aliphatic carbocycles. The highest BCUT2D eigenvalue weighted by atomic mass is 15.2. The first-order valence-corrected chi connectivity index (χ1v) is 7.79. The zero-order valence-electron chi connectivity index (χ0n) is 12.4. The van der Waals surface area contributed by atoms with E-state index in [0.717, 1.165) is 19.0 Å². The van der Waals surface area contributed by atoms with Gasteiger partial charge in [-0.3, -0.25) is 0 Å². The maximum Gasteiger partial charge on any atom is 0.0246 e. The van der Waals surface area contributed by atoms with Crippen molar-refractivity contribution in [1.82, 2.24) is 10.2 Å². The van der Waals surface area contributed by atoms with Crippen molar-refractivity contribution in [2.24, 2.45) is 0 Å². The molecule has 0 amide bonds. The third-order valence-corrected chi connectivity index (χ3v) is 4.30. The summed E-state index contributed by atoms with van der Waals surface area (Å²) in [6.45, 7) is 4.57. The Bertz CT molecular complexity index is 350. The lowest BCUT2D eigenvalue weighted by molar-refractivity contribution is 0.213. The number of benzene rings is 1. The van der Waals surface area contributed by atoms with Gasteiger partial charge < -0.3 is 10.2 Å². The fraction of sp³-hybridized carbons (Fsp3) is 0.647. The van der Waals surface area contributed by atoms with Crippen LogP contribution in [0.1, 0.15) is 38.2 Å². The van der Waals surface area contributed by atoms with Gasteiger partial charge in [-0.15, -0.1) is 0 Å². The predicted octanol–water partition coefficient (Wildman–Crippen LogP) is 3.08.